The molecule has 0 amide bonds. The standard InChI is InChI=1S/C14H13N5OS/c1-9-11(7-20)21-13-12(9)16-8-17-14(13)19-18-6-10-3-2-4-15-5-10/h2-5,8,20H,6-7H2,1H3. The number of aliphatic hydroxyl groups excluding tert-OH is 1. The number of hydrogen-bond acceptors (Lipinski definition) is 7. The molecule has 0 atom stereocenters. The molecule has 0 aromatic carbocycles. The number of hydrogen-bond donors (Lipinski definition) is 1. The van der Waals surface area contributed by atoms with Crippen LogP contribution in [0.1, 0.15) is 16.0 Å². The van der Waals surface area contributed by atoms with Crippen molar-refractivity contribution in [3.05, 3.63) is 46.9 Å². The molecule has 3 heterocycles. The molecule has 0 aliphatic carbocycles. The van der Waals surface area contributed by atoms with E-state index in [1.54, 1.807) is 12.4 Å². The van der Waals surface area contributed by atoms with Crippen LogP contribution in [0.5, 0.6) is 0 Å². The summed E-state index contributed by atoms with van der Waals surface area (Å²) >= 11 is 1.46. The summed E-state index contributed by atoms with van der Waals surface area (Å²) in [6, 6.07) is 3.81. The molecule has 0 saturated heterocycles. The summed E-state index contributed by atoms with van der Waals surface area (Å²) in [6.45, 7) is 2.39. The van der Waals surface area contributed by atoms with Gasteiger partial charge in [0, 0.05) is 17.3 Å². The van der Waals surface area contributed by atoms with Gasteiger partial charge >= 0.3 is 0 Å². The van der Waals surface area contributed by atoms with E-state index in [-0.39, 0.29) is 6.61 Å². The molecule has 0 spiro atoms. The van der Waals surface area contributed by atoms with Gasteiger partial charge in [0.15, 0.2) is 5.82 Å². The zero-order chi connectivity index (χ0) is 14.7. The Hall–Kier alpha value is -2.25. The minimum atomic E-state index is -0.000865. The van der Waals surface area contributed by atoms with E-state index >= 15 is 0 Å². The van der Waals surface area contributed by atoms with Gasteiger partial charge < -0.3 is 5.11 Å². The number of thiophene rings is 1. The Labute approximate surface area is 125 Å². The van der Waals surface area contributed by atoms with Gasteiger partial charge in [-0.3, -0.25) is 4.98 Å². The molecule has 21 heavy (non-hydrogen) atoms. The third kappa shape index (κ3) is 2.79. The first-order chi connectivity index (χ1) is 10.3. The molecule has 0 saturated carbocycles. The van der Waals surface area contributed by atoms with Crippen LogP contribution in [0, 0.1) is 6.92 Å². The topological polar surface area (TPSA) is 83.6 Å². The number of aliphatic hydroxyl groups is 1. The zero-order valence-electron chi connectivity index (χ0n) is 11.4. The molecule has 0 unspecified atom stereocenters. The molecule has 0 radical (unpaired) electrons. The lowest BCUT2D eigenvalue weighted by atomic mass is 10.2. The minimum Gasteiger partial charge on any atom is -0.391 e. The molecule has 7 heteroatoms. The lowest BCUT2D eigenvalue weighted by Gasteiger charge is -1.95. The Morgan fingerprint density at radius 1 is 1.33 bits per heavy atom. The van der Waals surface area contributed by atoms with Crippen molar-refractivity contribution in [3.63, 3.8) is 0 Å². The molecular formula is C14H13N5OS. The first kappa shape index (κ1) is 13.7. The fourth-order valence-corrected chi connectivity index (χ4v) is 3.00. The van der Waals surface area contributed by atoms with Crippen LogP contribution in [0.15, 0.2) is 41.1 Å². The van der Waals surface area contributed by atoms with Crippen molar-refractivity contribution >= 4 is 27.4 Å². The van der Waals surface area contributed by atoms with E-state index in [2.05, 4.69) is 25.2 Å². The summed E-state index contributed by atoms with van der Waals surface area (Å²) in [5.41, 5.74) is 2.79. The highest BCUT2D eigenvalue weighted by atomic mass is 32.1. The SMILES string of the molecule is Cc1c(CO)sc2c(N=NCc3cccnc3)ncnc12. The summed E-state index contributed by atoms with van der Waals surface area (Å²) in [5.74, 6) is 0.539. The highest BCUT2D eigenvalue weighted by Gasteiger charge is 2.12. The van der Waals surface area contributed by atoms with Gasteiger partial charge in [0.05, 0.1) is 23.4 Å². The Bertz CT molecular complexity index is 785. The first-order valence-corrected chi connectivity index (χ1v) is 7.21. The second-order valence-corrected chi connectivity index (χ2v) is 5.55. The molecule has 106 valence electrons. The van der Waals surface area contributed by atoms with Crippen LogP contribution in [-0.2, 0) is 13.2 Å². The van der Waals surface area contributed by atoms with Gasteiger partial charge in [-0.1, -0.05) is 6.07 Å². The highest BCUT2D eigenvalue weighted by molar-refractivity contribution is 7.19. The molecule has 6 nitrogen and oxygen atoms in total. The van der Waals surface area contributed by atoms with Crippen molar-refractivity contribution in [1.82, 2.24) is 15.0 Å². The Morgan fingerprint density at radius 3 is 3.00 bits per heavy atom. The van der Waals surface area contributed by atoms with E-state index in [0.29, 0.717) is 12.4 Å². The zero-order valence-corrected chi connectivity index (χ0v) is 12.2. The van der Waals surface area contributed by atoms with E-state index in [0.717, 1.165) is 26.2 Å². The van der Waals surface area contributed by atoms with Crippen molar-refractivity contribution in [3.8, 4) is 0 Å². The van der Waals surface area contributed by atoms with Gasteiger partial charge in [-0.05, 0) is 24.1 Å². The number of aromatic nitrogens is 3. The van der Waals surface area contributed by atoms with Crippen LogP contribution >= 0.6 is 11.3 Å². The molecule has 1 N–H and O–H groups in total. The normalized spacial score (nSPS) is 11.5. The second-order valence-electron chi connectivity index (χ2n) is 4.44. The molecule has 3 rings (SSSR count). The molecular weight excluding hydrogens is 286 g/mol. The summed E-state index contributed by atoms with van der Waals surface area (Å²) < 4.78 is 0.856. The van der Waals surface area contributed by atoms with Gasteiger partial charge in [-0.2, -0.15) is 5.11 Å². The lowest BCUT2D eigenvalue weighted by Crippen LogP contribution is -1.83. The van der Waals surface area contributed by atoms with Crippen LogP contribution in [-0.4, -0.2) is 20.1 Å². The Kier molecular flexibility index (Phi) is 3.94. The van der Waals surface area contributed by atoms with Crippen LogP contribution in [0.3, 0.4) is 0 Å². The van der Waals surface area contributed by atoms with E-state index < -0.39 is 0 Å². The van der Waals surface area contributed by atoms with E-state index in [4.69, 9.17) is 0 Å². The van der Waals surface area contributed by atoms with E-state index in [9.17, 15) is 5.11 Å². The number of aryl methyl sites for hydroxylation is 1. The van der Waals surface area contributed by atoms with Gasteiger partial charge in [-0.15, -0.1) is 16.5 Å². The van der Waals surface area contributed by atoms with Gasteiger partial charge in [0.1, 0.15) is 6.33 Å². The maximum absolute atomic E-state index is 9.34. The first-order valence-electron chi connectivity index (χ1n) is 6.40. The molecule has 0 aliphatic rings. The Balaban J connectivity index is 1.90. The van der Waals surface area contributed by atoms with Crippen molar-refractivity contribution in [1.29, 1.82) is 0 Å². The van der Waals surface area contributed by atoms with Crippen molar-refractivity contribution < 1.29 is 5.11 Å². The maximum Gasteiger partial charge on any atom is 0.195 e. The van der Waals surface area contributed by atoms with Gasteiger partial charge in [-0.25, -0.2) is 9.97 Å². The maximum atomic E-state index is 9.34. The summed E-state index contributed by atoms with van der Waals surface area (Å²) in [4.78, 5) is 13.3. The van der Waals surface area contributed by atoms with Gasteiger partial charge in [0.2, 0.25) is 0 Å². The van der Waals surface area contributed by atoms with Crippen LogP contribution in [0.2, 0.25) is 0 Å². The fraction of sp³-hybridized carbons (Fsp3) is 0.214. The predicted octanol–water partition coefficient (Wildman–Crippen LogP) is 3.17. The molecule has 3 aromatic heterocycles. The summed E-state index contributed by atoms with van der Waals surface area (Å²) in [6.07, 6.45) is 4.95. The smallest absolute Gasteiger partial charge is 0.195 e. The number of fused-ring (bicyclic) bond motifs is 1. The Morgan fingerprint density at radius 2 is 2.24 bits per heavy atom. The number of rotatable bonds is 4. The fourth-order valence-electron chi connectivity index (χ4n) is 1.96. The molecule has 0 bridgehead atoms. The van der Waals surface area contributed by atoms with Crippen molar-refractivity contribution in [2.45, 2.75) is 20.1 Å². The minimum absolute atomic E-state index is 0.000865. The third-order valence-corrected chi connectivity index (χ3v) is 4.33. The van der Waals surface area contributed by atoms with E-state index in [1.165, 1.54) is 17.7 Å². The average molecular weight is 299 g/mol. The quantitative estimate of drug-likeness (QED) is 0.750. The second kappa shape index (κ2) is 6.02. The summed E-state index contributed by atoms with van der Waals surface area (Å²) in [7, 11) is 0. The van der Waals surface area contributed by atoms with Crippen molar-refractivity contribution in [2.75, 3.05) is 0 Å². The predicted molar refractivity (Wildman–Crippen MR) is 80.5 cm³/mol. The van der Waals surface area contributed by atoms with Crippen LogP contribution in [0.25, 0.3) is 10.2 Å². The third-order valence-electron chi connectivity index (χ3n) is 3.07. The van der Waals surface area contributed by atoms with Gasteiger partial charge in [0.25, 0.3) is 0 Å². The molecule has 0 fully saturated rings. The largest absolute Gasteiger partial charge is 0.391 e. The lowest BCUT2D eigenvalue weighted by molar-refractivity contribution is 0.285. The van der Waals surface area contributed by atoms with Crippen LogP contribution < -0.4 is 0 Å². The van der Waals surface area contributed by atoms with Crippen LogP contribution in [0.4, 0.5) is 5.82 Å². The molecule has 3 aromatic rings. The number of azo groups is 1. The van der Waals surface area contributed by atoms with E-state index in [1.807, 2.05) is 19.1 Å². The monoisotopic (exact) mass is 299 g/mol. The summed E-state index contributed by atoms with van der Waals surface area (Å²) in [5, 5.41) is 17.7. The number of nitrogens with zero attached hydrogens (tertiary/aromatic N) is 5. The number of pyridine rings is 1. The van der Waals surface area contributed by atoms with Crippen molar-refractivity contribution in [2.24, 2.45) is 10.2 Å². The average Bonchev–Trinajstić information content (AvgIpc) is 2.86. The molecule has 0 aliphatic heterocycles. The highest BCUT2D eigenvalue weighted by Crippen LogP contribution is 2.34.